The van der Waals surface area contributed by atoms with Crippen LogP contribution in [-0.2, 0) is 4.79 Å². The molecule has 2 aromatic carbocycles. The Hall–Kier alpha value is -2.46. The number of carboxylic acids is 1. The Morgan fingerprint density at radius 1 is 1.25 bits per heavy atom. The van der Waals surface area contributed by atoms with Gasteiger partial charge in [-0.3, -0.25) is 0 Å². The van der Waals surface area contributed by atoms with Crippen LogP contribution in [0.3, 0.4) is 0 Å². The standard InChI is InChI=1S/C19H19ClO4/c1-3-9-24-18-16(20)11-13(12-17(18)23-2)10-15(19(21)22)14-7-5-4-6-8-14/h4-8,10-12H,3,9H2,1-2H3,(H,21,22)/b15-10-. The van der Waals surface area contributed by atoms with Crippen molar-refractivity contribution in [1.29, 1.82) is 0 Å². The zero-order valence-corrected chi connectivity index (χ0v) is 14.3. The lowest BCUT2D eigenvalue weighted by Gasteiger charge is -2.13. The zero-order chi connectivity index (χ0) is 17.5. The smallest absolute Gasteiger partial charge is 0.336 e. The van der Waals surface area contributed by atoms with Gasteiger partial charge >= 0.3 is 5.97 Å². The number of hydrogen-bond acceptors (Lipinski definition) is 3. The summed E-state index contributed by atoms with van der Waals surface area (Å²) in [5.74, 6) is -0.0719. The van der Waals surface area contributed by atoms with Crippen LogP contribution in [-0.4, -0.2) is 24.8 Å². The molecule has 2 rings (SSSR count). The van der Waals surface area contributed by atoms with Crippen molar-refractivity contribution in [3.8, 4) is 11.5 Å². The summed E-state index contributed by atoms with van der Waals surface area (Å²) in [6, 6.07) is 12.3. The lowest BCUT2D eigenvalue weighted by Crippen LogP contribution is -2.01. The highest BCUT2D eigenvalue weighted by Crippen LogP contribution is 2.37. The van der Waals surface area contributed by atoms with Crippen molar-refractivity contribution in [1.82, 2.24) is 0 Å². The average Bonchev–Trinajstić information content (AvgIpc) is 2.58. The summed E-state index contributed by atoms with van der Waals surface area (Å²) in [5.41, 5.74) is 1.42. The summed E-state index contributed by atoms with van der Waals surface area (Å²) in [7, 11) is 1.52. The predicted molar refractivity (Wildman–Crippen MR) is 95.7 cm³/mol. The van der Waals surface area contributed by atoms with Crippen LogP contribution in [0.2, 0.25) is 5.02 Å². The van der Waals surface area contributed by atoms with Gasteiger partial charge < -0.3 is 14.6 Å². The molecule has 0 unspecified atom stereocenters. The van der Waals surface area contributed by atoms with Gasteiger partial charge in [0.05, 0.1) is 24.3 Å². The fourth-order valence-corrected chi connectivity index (χ4v) is 2.49. The number of rotatable bonds is 7. The highest BCUT2D eigenvalue weighted by Gasteiger charge is 2.14. The van der Waals surface area contributed by atoms with E-state index in [4.69, 9.17) is 21.1 Å². The molecule has 1 N–H and O–H groups in total. The third-order valence-electron chi connectivity index (χ3n) is 3.33. The van der Waals surface area contributed by atoms with Crippen LogP contribution < -0.4 is 9.47 Å². The van der Waals surface area contributed by atoms with Gasteiger partial charge in [-0.25, -0.2) is 4.79 Å². The van der Waals surface area contributed by atoms with Crippen molar-refractivity contribution in [3.63, 3.8) is 0 Å². The number of carboxylic acid groups (broad SMARTS) is 1. The molecule has 0 saturated heterocycles. The number of benzene rings is 2. The van der Waals surface area contributed by atoms with Crippen molar-refractivity contribution in [3.05, 3.63) is 58.6 Å². The maximum absolute atomic E-state index is 11.6. The second-order valence-corrected chi connectivity index (χ2v) is 5.52. The third kappa shape index (κ3) is 4.30. The van der Waals surface area contributed by atoms with E-state index < -0.39 is 5.97 Å². The summed E-state index contributed by atoms with van der Waals surface area (Å²) >= 11 is 6.28. The molecule has 0 saturated carbocycles. The van der Waals surface area contributed by atoms with Gasteiger partial charge in [0.1, 0.15) is 0 Å². The highest BCUT2D eigenvalue weighted by atomic mass is 35.5. The lowest BCUT2D eigenvalue weighted by atomic mass is 10.0. The Kier molecular flexibility index (Phi) is 6.27. The first-order valence-corrected chi connectivity index (χ1v) is 7.95. The summed E-state index contributed by atoms with van der Waals surface area (Å²) in [4.78, 5) is 11.6. The third-order valence-corrected chi connectivity index (χ3v) is 3.61. The molecular weight excluding hydrogens is 328 g/mol. The first-order valence-electron chi connectivity index (χ1n) is 7.57. The molecule has 0 amide bonds. The normalized spacial score (nSPS) is 11.2. The topological polar surface area (TPSA) is 55.8 Å². The second-order valence-electron chi connectivity index (χ2n) is 5.11. The number of carbonyl (C=O) groups is 1. The van der Waals surface area contributed by atoms with E-state index in [-0.39, 0.29) is 5.57 Å². The molecule has 0 atom stereocenters. The van der Waals surface area contributed by atoms with Crippen molar-refractivity contribution in [2.24, 2.45) is 0 Å². The molecule has 0 aliphatic heterocycles. The number of methoxy groups -OCH3 is 1. The lowest BCUT2D eigenvalue weighted by molar-refractivity contribution is -0.130. The maximum Gasteiger partial charge on any atom is 0.336 e. The summed E-state index contributed by atoms with van der Waals surface area (Å²) < 4.78 is 10.9. The molecule has 0 aliphatic rings. The first-order chi connectivity index (χ1) is 11.6. The molecule has 0 aromatic heterocycles. The maximum atomic E-state index is 11.6. The molecule has 4 nitrogen and oxygen atoms in total. The Morgan fingerprint density at radius 3 is 2.54 bits per heavy atom. The number of hydrogen-bond donors (Lipinski definition) is 1. The fourth-order valence-electron chi connectivity index (χ4n) is 2.22. The summed E-state index contributed by atoms with van der Waals surface area (Å²) in [6.45, 7) is 2.52. The Morgan fingerprint density at radius 2 is 1.96 bits per heavy atom. The van der Waals surface area contributed by atoms with Crippen LogP contribution in [0.15, 0.2) is 42.5 Å². The minimum atomic E-state index is -1.01. The van der Waals surface area contributed by atoms with Gasteiger partial charge in [0, 0.05) is 0 Å². The van der Waals surface area contributed by atoms with Gasteiger partial charge in [-0.15, -0.1) is 0 Å². The molecular formula is C19H19ClO4. The molecule has 0 radical (unpaired) electrons. The van der Waals surface area contributed by atoms with Crippen LogP contribution in [0.5, 0.6) is 11.5 Å². The second kappa shape index (κ2) is 8.41. The quantitative estimate of drug-likeness (QED) is 0.580. The number of ether oxygens (including phenoxy) is 2. The highest BCUT2D eigenvalue weighted by molar-refractivity contribution is 6.32. The van der Waals surface area contributed by atoms with E-state index in [0.29, 0.717) is 34.3 Å². The molecule has 126 valence electrons. The Labute approximate surface area is 146 Å². The largest absolute Gasteiger partial charge is 0.493 e. The molecule has 0 fully saturated rings. The van der Waals surface area contributed by atoms with E-state index in [1.807, 2.05) is 13.0 Å². The van der Waals surface area contributed by atoms with Crippen LogP contribution in [0.4, 0.5) is 0 Å². The SMILES string of the molecule is CCCOc1c(Cl)cc(/C=C(\C(=O)O)c2ccccc2)cc1OC. The molecule has 0 bridgehead atoms. The van der Waals surface area contributed by atoms with Gasteiger partial charge in [0.15, 0.2) is 11.5 Å². The van der Waals surface area contributed by atoms with Gasteiger partial charge in [-0.05, 0) is 35.8 Å². The van der Waals surface area contributed by atoms with Gasteiger partial charge in [0.25, 0.3) is 0 Å². The Balaban J connectivity index is 2.47. The van der Waals surface area contributed by atoms with E-state index in [2.05, 4.69) is 0 Å². The van der Waals surface area contributed by atoms with Gasteiger partial charge in [-0.2, -0.15) is 0 Å². The summed E-state index contributed by atoms with van der Waals surface area (Å²) in [5, 5.41) is 9.88. The van der Waals surface area contributed by atoms with Crippen LogP contribution in [0.1, 0.15) is 24.5 Å². The number of halogens is 1. The average molecular weight is 347 g/mol. The zero-order valence-electron chi connectivity index (χ0n) is 13.6. The van der Waals surface area contributed by atoms with E-state index in [1.54, 1.807) is 42.5 Å². The fraction of sp³-hybridized carbons (Fsp3) is 0.211. The monoisotopic (exact) mass is 346 g/mol. The number of aliphatic carboxylic acids is 1. The molecule has 0 aliphatic carbocycles. The van der Waals surface area contributed by atoms with Crippen molar-refractivity contribution in [2.75, 3.05) is 13.7 Å². The van der Waals surface area contributed by atoms with Gasteiger partial charge in [-0.1, -0.05) is 48.9 Å². The van der Waals surface area contributed by atoms with E-state index >= 15 is 0 Å². The van der Waals surface area contributed by atoms with Crippen LogP contribution in [0, 0.1) is 0 Å². The molecule has 5 heteroatoms. The van der Waals surface area contributed by atoms with E-state index in [0.717, 1.165) is 6.42 Å². The molecule has 0 spiro atoms. The van der Waals surface area contributed by atoms with E-state index in [1.165, 1.54) is 7.11 Å². The minimum Gasteiger partial charge on any atom is -0.493 e. The van der Waals surface area contributed by atoms with Crippen molar-refractivity contribution in [2.45, 2.75) is 13.3 Å². The van der Waals surface area contributed by atoms with Crippen molar-refractivity contribution >= 4 is 29.2 Å². The van der Waals surface area contributed by atoms with Crippen LogP contribution in [0.25, 0.3) is 11.6 Å². The Bertz CT molecular complexity index is 739. The molecule has 24 heavy (non-hydrogen) atoms. The molecule has 0 heterocycles. The van der Waals surface area contributed by atoms with E-state index in [9.17, 15) is 9.90 Å². The van der Waals surface area contributed by atoms with Crippen molar-refractivity contribution < 1.29 is 19.4 Å². The minimum absolute atomic E-state index is 0.177. The predicted octanol–water partition coefficient (Wildman–Crippen LogP) is 4.76. The first kappa shape index (κ1) is 17.9. The van der Waals surface area contributed by atoms with Gasteiger partial charge in [0.2, 0.25) is 0 Å². The van der Waals surface area contributed by atoms with Crippen LogP contribution >= 0.6 is 11.6 Å². The summed E-state index contributed by atoms with van der Waals surface area (Å²) in [6.07, 6.45) is 2.41. The molecule has 2 aromatic rings.